The molecule has 1 aliphatic rings. The Hall–Kier alpha value is -0.690. The second-order valence-electron chi connectivity index (χ2n) is 5.91. The number of nitrogens with zero attached hydrogens (tertiary/aromatic N) is 1. The van der Waals surface area contributed by atoms with Gasteiger partial charge in [-0.05, 0) is 45.9 Å². The van der Waals surface area contributed by atoms with Crippen molar-refractivity contribution in [1.29, 1.82) is 0 Å². The first-order chi connectivity index (χ1) is 10.7. The van der Waals surface area contributed by atoms with Crippen LogP contribution in [-0.2, 0) is 9.53 Å². The minimum atomic E-state index is -0.0842. The maximum atomic E-state index is 11.8. The summed E-state index contributed by atoms with van der Waals surface area (Å²) in [6.07, 6.45) is 2.26. The van der Waals surface area contributed by atoms with Gasteiger partial charge in [-0.15, -0.1) is 0 Å². The van der Waals surface area contributed by atoms with E-state index in [2.05, 4.69) is 20.9 Å². The van der Waals surface area contributed by atoms with Crippen molar-refractivity contribution in [3.05, 3.63) is 0 Å². The molecule has 0 saturated carbocycles. The van der Waals surface area contributed by atoms with Crippen molar-refractivity contribution in [2.45, 2.75) is 26.7 Å². The van der Waals surface area contributed by atoms with Crippen molar-refractivity contribution in [2.75, 3.05) is 65.5 Å². The van der Waals surface area contributed by atoms with Gasteiger partial charge in [-0.2, -0.15) is 0 Å². The van der Waals surface area contributed by atoms with Crippen LogP contribution in [0.5, 0.6) is 0 Å². The minimum Gasteiger partial charge on any atom is -0.466 e. The standard InChI is InChI=1S/C16H34N4O2/c1-3-22-16(21)15(2)14-20-12-5-8-18-10-9-17-6-4-7-19-11-13-20/h15,17-19H,3-14H2,1-2H3. The molecule has 0 bridgehead atoms. The lowest BCUT2D eigenvalue weighted by Gasteiger charge is -2.25. The summed E-state index contributed by atoms with van der Waals surface area (Å²) in [6.45, 7) is 13.2. The van der Waals surface area contributed by atoms with Crippen LogP contribution in [0.2, 0.25) is 0 Å². The Morgan fingerprint density at radius 3 is 2.32 bits per heavy atom. The largest absolute Gasteiger partial charge is 0.466 e. The maximum absolute atomic E-state index is 11.8. The van der Waals surface area contributed by atoms with Crippen LogP contribution in [0, 0.1) is 5.92 Å². The number of hydrogen-bond acceptors (Lipinski definition) is 6. The number of ether oxygens (including phenoxy) is 1. The van der Waals surface area contributed by atoms with E-state index in [-0.39, 0.29) is 11.9 Å². The third-order valence-electron chi connectivity index (χ3n) is 3.84. The molecule has 6 heteroatoms. The van der Waals surface area contributed by atoms with Crippen molar-refractivity contribution in [2.24, 2.45) is 5.92 Å². The lowest BCUT2D eigenvalue weighted by molar-refractivity contribution is -0.148. The van der Waals surface area contributed by atoms with E-state index in [1.165, 1.54) is 0 Å². The fourth-order valence-corrected chi connectivity index (χ4v) is 2.60. The fraction of sp³-hybridized carbons (Fsp3) is 0.938. The molecule has 1 saturated heterocycles. The molecule has 22 heavy (non-hydrogen) atoms. The molecule has 1 unspecified atom stereocenters. The molecule has 1 fully saturated rings. The van der Waals surface area contributed by atoms with E-state index in [0.29, 0.717) is 6.61 Å². The Labute approximate surface area is 135 Å². The van der Waals surface area contributed by atoms with Crippen LogP contribution in [-0.4, -0.2) is 76.4 Å². The molecule has 1 rings (SSSR count). The monoisotopic (exact) mass is 314 g/mol. The molecule has 0 aromatic heterocycles. The number of rotatable bonds is 4. The summed E-state index contributed by atoms with van der Waals surface area (Å²) in [4.78, 5) is 14.2. The minimum absolute atomic E-state index is 0.0593. The maximum Gasteiger partial charge on any atom is 0.309 e. The highest BCUT2D eigenvalue weighted by Crippen LogP contribution is 2.03. The smallest absolute Gasteiger partial charge is 0.309 e. The van der Waals surface area contributed by atoms with Crippen LogP contribution < -0.4 is 16.0 Å². The van der Waals surface area contributed by atoms with Gasteiger partial charge in [-0.1, -0.05) is 6.92 Å². The average molecular weight is 314 g/mol. The van der Waals surface area contributed by atoms with Gasteiger partial charge in [0.1, 0.15) is 0 Å². The van der Waals surface area contributed by atoms with Crippen LogP contribution in [0.4, 0.5) is 0 Å². The summed E-state index contributed by atoms with van der Waals surface area (Å²) >= 11 is 0. The average Bonchev–Trinajstić information content (AvgIpc) is 2.51. The molecular weight excluding hydrogens is 280 g/mol. The summed E-state index contributed by atoms with van der Waals surface area (Å²) in [5, 5.41) is 10.4. The van der Waals surface area contributed by atoms with E-state index < -0.39 is 0 Å². The Morgan fingerprint density at radius 1 is 1.00 bits per heavy atom. The number of hydrogen-bond donors (Lipinski definition) is 3. The predicted molar refractivity (Wildman–Crippen MR) is 90.1 cm³/mol. The highest BCUT2D eigenvalue weighted by Gasteiger charge is 2.17. The van der Waals surface area contributed by atoms with E-state index in [1.54, 1.807) is 0 Å². The second kappa shape index (κ2) is 12.8. The molecule has 0 aromatic rings. The van der Waals surface area contributed by atoms with E-state index in [0.717, 1.165) is 71.7 Å². The molecule has 0 aromatic carbocycles. The van der Waals surface area contributed by atoms with Gasteiger partial charge in [0.05, 0.1) is 12.5 Å². The zero-order valence-electron chi connectivity index (χ0n) is 14.3. The van der Waals surface area contributed by atoms with Gasteiger partial charge in [0.25, 0.3) is 0 Å². The summed E-state index contributed by atoms with van der Waals surface area (Å²) < 4.78 is 5.11. The van der Waals surface area contributed by atoms with Crippen molar-refractivity contribution in [3.8, 4) is 0 Å². The molecule has 0 amide bonds. The Kier molecular flexibility index (Phi) is 11.3. The number of nitrogens with one attached hydrogen (secondary N) is 3. The molecule has 6 nitrogen and oxygen atoms in total. The summed E-state index contributed by atoms with van der Waals surface area (Å²) in [6, 6.07) is 0. The SMILES string of the molecule is CCOC(=O)C(C)CN1CCCNCCNCCCNCC1. The molecule has 0 aliphatic carbocycles. The first-order valence-electron chi connectivity index (χ1n) is 8.75. The van der Waals surface area contributed by atoms with Crippen LogP contribution in [0.1, 0.15) is 26.7 Å². The molecule has 3 N–H and O–H groups in total. The van der Waals surface area contributed by atoms with Crippen LogP contribution >= 0.6 is 0 Å². The second-order valence-corrected chi connectivity index (χ2v) is 5.91. The van der Waals surface area contributed by atoms with E-state index in [9.17, 15) is 4.79 Å². The van der Waals surface area contributed by atoms with Gasteiger partial charge < -0.3 is 25.6 Å². The Morgan fingerprint density at radius 2 is 1.64 bits per heavy atom. The molecule has 130 valence electrons. The zero-order valence-corrected chi connectivity index (χ0v) is 14.3. The fourth-order valence-electron chi connectivity index (χ4n) is 2.60. The molecule has 1 atom stereocenters. The molecule has 0 spiro atoms. The van der Waals surface area contributed by atoms with Crippen molar-refractivity contribution in [3.63, 3.8) is 0 Å². The van der Waals surface area contributed by atoms with Crippen molar-refractivity contribution >= 4 is 5.97 Å². The third kappa shape index (κ3) is 9.35. The van der Waals surface area contributed by atoms with E-state index in [4.69, 9.17) is 4.74 Å². The summed E-state index contributed by atoms with van der Waals surface area (Å²) in [5.74, 6) is -0.143. The van der Waals surface area contributed by atoms with Crippen molar-refractivity contribution in [1.82, 2.24) is 20.9 Å². The molecule has 0 radical (unpaired) electrons. The summed E-state index contributed by atoms with van der Waals surface area (Å²) in [7, 11) is 0. The van der Waals surface area contributed by atoms with Gasteiger partial charge in [0.2, 0.25) is 0 Å². The highest BCUT2D eigenvalue weighted by molar-refractivity contribution is 5.72. The van der Waals surface area contributed by atoms with Crippen LogP contribution in [0.3, 0.4) is 0 Å². The third-order valence-corrected chi connectivity index (χ3v) is 3.84. The van der Waals surface area contributed by atoms with Crippen molar-refractivity contribution < 1.29 is 9.53 Å². The molecular formula is C16H34N4O2. The van der Waals surface area contributed by atoms with Gasteiger partial charge in [-0.3, -0.25) is 4.79 Å². The first kappa shape index (κ1) is 19.4. The van der Waals surface area contributed by atoms with E-state index >= 15 is 0 Å². The van der Waals surface area contributed by atoms with Crippen LogP contribution in [0.15, 0.2) is 0 Å². The first-order valence-corrected chi connectivity index (χ1v) is 8.75. The highest BCUT2D eigenvalue weighted by atomic mass is 16.5. The lowest BCUT2D eigenvalue weighted by Crippen LogP contribution is -2.40. The Bertz CT molecular complexity index is 275. The Balaban J connectivity index is 2.36. The summed E-state index contributed by atoms with van der Waals surface area (Å²) in [5.41, 5.74) is 0. The predicted octanol–water partition coefficient (Wildman–Crippen LogP) is 0.0502. The number of carbonyl (C=O) groups is 1. The molecule has 1 aliphatic heterocycles. The van der Waals surface area contributed by atoms with Gasteiger partial charge in [-0.25, -0.2) is 0 Å². The van der Waals surface area contributed by atoms with E-state index in [1.807, 2.05) is 13.8 Å². The van der Waals surface area contributed by atoms with Gasteiger partial charge >= 0.3 is 5.97 Å². The van der Waals surface area contributed by atoms with Gasteiger partial charge in [0.15, 0.2) is 0 Å². The zero-order chi connectivity index (χ0) is 16.0. The topological polar surface area (TPSA) is 65.6 Å². The molecule has 1 heterocycles. The quantitative estimate of drug-likeness (QED) is 0.637. The normalized spacial score (nSPS) is 21.7. The number of carbonyl (C=O) groups excluding carboxylic acids is 1. The van der Waals surface area contributed by atoms with Crippen LogP contribution in [0.25, 0.3) is 0 Å². The number of esters is 1. The van der Waals surface area contributed by atoms with Gasteiger partial charge in [0, 0.05) is 32.7 Å². The lowest BCUT2D eigenvalue weighted by atomic mass is 10.1.